The van der Waals surface area contributed by atoms with E-state index in [2.05, 4.69) is 5.32 Å². The SMILES string of the molecule is COC(CNC(=O)CC(O)C(C)C)c1ccc(F)cc1. The number of hydrogen-bond acceptors (Lipinski definition) is 3. The lowest BCUT2D eigenvalue weighted by molar-refractivity contribution is -0.124. The number of hydrogen-bond donors (Lipinski definition) is 2. The summed E-state index contributed by atoms with van der Waals surface area (Å²) in [6, 6.07) is 5.95. The second-order valence-electron chi connectivity index (χ2n) is 5.10. The Kier molecular flexibility index (Phi) is 6.61. The van der Waals surface area contributed by atoms with Crippen molar-refractivity contribution in [1.29, 1.82) is 0 Å². The monoisotopic (exact) mass is 283 g/mol. The highest BCUT2D eigenvalue weighted by atomic mass is 19.1. The van der Waals surface area contributed by atoms with Gasteiger partial charge in [0, 0.05) is 13.7 Å². The van der Waals surface area contributed by atoms with E-state index in [1.807, 2.05) is 13.8 Å². The summed E-state index contributed by atoms with van der Waals surface area (Å²) in [6.45, 7) is 3.99. The molecule has 2 N–H and O–H groups in total. The smallest absolute Gasteiger partial charge is 0.222 e. The number of carbonyl (C=O) groups excluding carboxylic acids is 1. The van der Waals surface area contributed by atoms with Crippen LogP contribution in [0.5, 0.6) is 0 Å². The van der Waals surface area contributed by atoms with Crippen molar-refractivity contribution < 1.29 is 19.0 Å². The van der Waals surface area contributed by atoms with Crippen molar-refractivity contribution in [2.75, 3.05) is 13.7 Å². The fraction of sp³-hybridized carbons (Fsp3) is 0.533. The molecule has 0 radical (unpaired) electrons. The number of ether oxygens (including phenoxy) is 1. The molecule has 0 aromatic heterocycles. The Balaban J connectivity index is 2.49. The first-order valence-electron chi connectivity index (χ1n) is 6.67. The molecule has 1 aromatic carbocycles. The third-order valence-corrected chi connectivity index (χ3v) is 3.18. The average molecular weight is 283 g/mol. The molecule has 2 unspecified atom stereocenters. The lowest BCUT2D eigenvalue weighted by Gasteiger charge is -2.18. The second kappa shape index (κ2) is 7.97. The van der Waals surface area contributed by atoms with Crippen LogP contribution < -0.4 is 5.32 Å². The molecule has 1 aromatic rings. The lowest BCUT2D eigenvalue weighted by Crippen LogP contribution is -2.33. The van der Waals surface area contributed by atoms with Gasteiger partial charge in [0.05, 0.1) is 18.6 Å². The largest absolute Gasteiger partial charge is 0.392 e. The van der Waals surface area contributed by atoms with Crippen LogP contribution in [0.2, 0.25) is 0 Å². The standard InChI is InChI=1S/C15H22FNO3/c1-10(2)13(18)8-15(19)17-9-14(20-3)11-4-6-12(16)7-5-11/h4-7,10,13-14,18H,8-9H2,1-3H3,(H,17,19). The maximum absolute atomic E-state index is 12.8. The fourth-order valence-corrected chi connectivity index (χ4v) is 1.72. The number of rotatable bonds is 7. The van der Waals surface area contributed by atoms with E-state index in [4.69, 9.17) is 4.74 Å². The minimum absolute atomic E-state index is 0.0380. The number of aliphatic hydroxyl groups excluding tert-OH is 1. The van der Waals surface area contributed by atoms with Crippen LogP contribution in [-0.2, 0) is 9.53 Å². The predicted octanol–water partition coefficient (Wildman–Crippen LogP) is 2.04. The minimum Gasteiger partial charge on any atom is -0.392 e. The Labute approximate surface area is 119 Å². The number of amides is 1. The van der Waals surface area contributed by atoms with Gasteiger partial charge in [-0.05, 0) is 23.6 Å². The van der Waals surface area contributed by atoms with Crippen molar-refractivity contribution in [2.24, 2.45) is 5.92 Å². The van der Waals surface area contributed by atoms with Gasteiger partial charge in [-0.2, -0.15) is 0 Å². The zero-order valence-electron chi connectivity index (χ0n) is 12.1. The Bertz CT molecular complexity index is 420. The van der Waals surface area contributed by atoms with E-state index in [0.717, 1.165) is 5.56 Å². The van der Waals surface area contributed by atoms with Crippen molar-refractivity contribution in [3.63, 3.8) is 0 Å². The molecule has 20 heavy (non-hydrogen) atoms. The molecule has 0 spiro atoms. The summed E-state index contributed by atoms with van der Waals surface area (Å²) in [5.74, 6) is -0.501. The van der Waals surface area contributed by atoms with Gasteiger partial charge in [0.2, 0.25) is 5.91 Å². The highest BCUT2D eigenvalue weighted by Crippen LogP contribution is 2.16. The normalized spacial score (nSPS) is 14.1. The number of halogens is 1. The first kappa shape index (κ1) is 16.6. The molecule has 0 heterocycles. The molecule has 0 aliphatic heterocycles. The van der Waals surface area contributed by atoms with Crippen molar-refractivity contribution >= 4 is 5.91 Å². The van der Waals surface area contributed by atoms with Crippen LogP contribution in [0.25, 0.3) is 0 Å². The van der Waals surface area contributed by atoms with E-state index in [1.165, 1.54) is 19.2 Å². The second-order valence-corrected chi connectivity index (χ2v) is 5.10. The van der Waals surface area contributed by atoms with Crippen molar-refractivity contribution in [2.45, 2.75) is 32.5 Å². The van der Waals surface area contributed by atoms with E-state index in [-0.39, 0.29) is 36.7 Å². The molecule has 0 bridgehead atoms. The number of carbonyl (C=O) groups is 1. The van der Waals surface area contributed by atoms with Crippen LogP contribution >= 0.6 is 0 Å². The zero-order chi connectivity index (χ0) is 15.1. The molecule has 5 heteroatoms. The minimum atomic E-state index is -0.651. The van der Waals surface area contributed by atoms with Gasteiger partial charge in [-0.1, -0.05) is 26.0 Å². The first-order valence-corrected chi connectivity index (χ1v) is 6.67. The Hall–Kier alpha value is -1.46. The number of aliphatic hydroxyl groups is 1. The number of benzene rings is 1. The highest BCUT2D eigenvalue weighted by molar-refractivity contribution is 5.76. The average Bonchev–Trinajstić information content (AvgIpc) is 2.41. The van der Waals surface area contributed by atoms with Crippen LogP contribution in [-0.4, -0.2) is 30.8 Å². The van der Waals surface area contributed by atoms with Crippen molar-refractivity contribution in [3.05, 3.63) is 35.6 Å². The van der Waals surface area contributed by atoms with E-state index >= 15 is 0 Å². The summed E-state index contributed by atoms with van der Waals surface area (Å²) in [4.78, 5) is 11.7. The van der Waals surface area contributed by atoms with Crippen LogP contribution in [0.4, 0.5) is 4.39 Å². The van der Waals surface area contributed by atoms with Crippen molar-refractivity contribution in [3.8, 4) is 0 Å². The van der Waals surface area contributed by atoms with E-state index in [0.29, 0.717) is 0 Å². The molecule has 0 saturated carbocycles. The third kappa shape index (κ3) is 5.27. The fourth-order valence-electron chi connectivity index (χ4n) is 1.72. The van der Waals surface area contributed by atoms with E-state index in [1.54, 1.807) is 12.1 Å². The molecule has 1 amide bonds. The van der Waals surface area contributed by atoms with Gasteiger partial charge in [0.25, 0.3) is 0 Å². The van der Waals surface area contributed by atoms with Crippen molar-refractivity contribution in [1.82, 2.24) is 5.32 Å². The summed E-state index contributed by atoms with van der Waals surface area (Å²) in [6.07, 6.45) is -0.921. The topological polar surface area (TPSA) is 58.6 Å². The Morgan fingerprint density at radius 1 is 1.35 bits per heavy atom. The van der Waals surface area contributed by atoms with Gasteiger partial charge < -0.3 is 15.2 Å². The molecule has 0 aliphatic rings. The van der Waals surface area contributed by atoms with Gasteiger partial charge in [-0.25, -0.2) is 4.39 Å². The van der Waals surface area contributed by atoms with E-state index in [9.17, 15) is 14.3 Å². The van der Waals surface area contributed by atoms with Gasteiger partial charge in [0.15, 0.2) is 0 Å². The summed E-state index contributed by atoms with van der Waals surface area (Å²) < 4.78 is 18.1. The van der Waals surface area contributed by atoms with E-state index < -0.39 is 6.10 Å². The summed E-state index contributed by atoms with van der Waals surface area (Å²) in [5.41, 5.74) is 0.790. The molecule has 1 rings (SSSR count). The summed E-state index contributed by atoms with van der Waals surface area (Å²) >= 11 is 0. The lowest BCUT2D eigenvalue weighted by atomic mass is 10.0. The molecule has 0 fully saturated rings. The molecule has 2 atom stereocenters. The third-order valence-electron chi connectivity index (χ3n) is 3.18. The Morgan fingerprint density at radius 3 is 2.45 bits per heavy atom. The van der Waals surface area contributed by atoms with Gasteiger partial charge >= 0.3 is 0 Å². The number of methoxy groups -OCH3 is 1. The van der Waals surface area contributed by atoms with Crippen LogP contribution in [0.15, 0.2) is 24.3 Å². The molecule has 4 nitrogen and oxygen atoms in total. The Morgan fingerprint density at radius 2 is 1.95 bits per heavy atom. The highest BCUT2D eigenvalue weighted by Gasteiger charge is 2.16. The molecule has 0 aliphatic carbocycles. The van der Waals surface area contributed by atoms with Gasteiger partial charge in [-0.3, -0.25) is 4.79 Å². The maximum Gasteiger partial charge on any atom is 0.222 e. The van der Waals surface area contributed by atoms with Crippen LogP contribution in [0, 0.1) is 11.7 Å². The maximum atomic E-state index is 12.8. The summed E-state index contributed by atoms with van der Waals surface area (Å²) in [5, 5.41) is 12.3. The zero-order valence-corrected chi connectivity index (χ0v) is 12.1. The number of nitrogens with one attached hydrogen (secondary N) is 1. The first-order chi connectivity index (χ1) is 9.43. The molecular weight excluding hydrogens is 261 g/mol. The molecular formula is C15H22FNO3. The quantitative estimate of drug-likeness (QED) is 0.805. The summed E-state index contributed by atoms with van der Waals surface area (Å²) in [7, 11) is 1.53. The van der Waals surface area contributed by atoms with Gasteiger partial charge in [-0.15, -0.1) is 0 Å². The van der Waals surface area contributed by atoms with Gasteiger partial charge in [0.1, 0.15) is 5.82 Å². The molecule has 112 valence electrons. The van der Waals surface area contributed by atoms with Crippen LogP contribution in [0.1, 0.15) is 31.9 Å². The van der Waals surface area contributed by atoms with Crippen LogP contribution in [0.3, 0.4) is 0 Å². The predicted molar refractivity (Wildman–Crippen MR) is 74.6 cm³/mol. The molecule has 0 saturated heterocycles.